The SMILES string of the molecule is C=CC[C@@H]1CC=C[C@@H](c2ccccc2)N1C(=O)CC[C@]1(C)CCC(=O)N1. The molecular weight excluding hydrogens is 324 g/mol. The van der Waals surface area contributed by atoms with Gasteiger partial charge >= 0.3 is 0 Å². The van der Waals surface area contributed by atoms with E-state index in [2.05, 4.69) is 36.2 Å². The van der Waals surface area contributed by atoms with Crippen LogP contribution in [0.2, 0.25) is 0 Å². The number of carbonyl (C=O) groups excluding carboxylic acids is 2. The van der Waals surface area contributed by atoms with Gasteiger partial charge in [0, 0.05) is 24.4 Å². The molecule has 2 aliphatic rings. The zero-order chi connectivity index (χ0) is 18.6. The van der Waals surface area contributed by atoms with E-state index in [1.165, 1.54) is 0 Å². The van der Waals surface area contributed by atoms with E-state index in [1.54, 1.807) is 0 Å². The number of hydrogen-bond donors (Lipinski definition) is 1. The second-order valence-corrected chi connectivity index (χ2v) is 7.61. The molecule has 0 saturated carbocycles. The first-order valence-corrected chi connectivity index (χ1v) is 9.47. The van der Waals surface area contributed by atoms with Crippen LogP contribution in [0.4, 0.5) is 0 Å². The zero-order valence-corrected chi connectivity index (χ0v) is 15.5. The fourth-order valence-electron chi connectivity index (χ4n) is 4.03. The van der Waals surface area contributed by atoms with Crippen LogP contribution in [0.3, 0.4) is 0 Å². The zero-order valence-electron chi connectivity index (χ0n) is 15.5. The largest absolute Gasteiger partial charge is 0.351 e. The molecule has 1 aromatic rings. The van der Waals surface area contributed by atoms with Crippen molar-refractivity contribution in [3.8, 4) is 0 Å². The number of nitrogens with one attached hydrogen (secondary N) is 1. The molecule has 0 spiro atoms. The van der Waals surface area contributed by atoms with E-state index in [9.17, 15) is 9.59 Å². The molecule has 0 aliphatic carbocycles. The fourth-order valence-corrected chi connectivity index (χ4v) is 4.03. The minimum Gasteiger partial charge on any atom is -0.351 e. The second kappa shape index (κ2) is 7.90. The van der Waals surface area contributed by atoms with E-state index >= 15 is 0 Å². The Morgan fingerprint density at radius 2 is 2.15 bits per heavy atom. The summed E-state index contributed by atoms with van der Waals surface area (Å²) in [4.78, 5) is 26.8. The van der Waals surface area contributed by atoms with Gasteiger partial charge in [0.05, 0.1) is 6.04 Å². The Bertz CT molecular complexity index is 697. The minimum atomic E-state index is -0.255. The average Bonchev–Trinajstić information content (AvgIpc) is 3.00. The quantitative estimate of drug-likeness (QED) is 0.789. The van der Waals surface area contributed by atoms with E-state index < -0.39 is 0 Å². The van der Waals surface area contributed by atoms with Crippen LogP contribution in [0.5, 0.6) is 0 Å². The number of amides is 2. The van der Waals surface area contributed by atoms with Crippen LogP contribution in [0.1, 0.15) is 57.1 Å². The molecule has 3 rings (SSSR count). The van der Waals surface area contributed by atoms with Crippen molar-refractivity contribution in [2.24, 2.45) is 0 Å². The normalized spacial score (nSPS) is 28.0. The summed E-state index contributed by atoms with van der Waals surface area (Å²) >= 11 is 0. The first-order valence-electron chi connectivity index (χ1n) is 9.47. The molecule has 2 amide bonds. The molecule has 2 heterocycles. The minimum absolute atomic E-state index is 0.0339. The lowest BCUT2D eigenvalue weighted by Gasteiger charge is -2.40. The van der Waals surface area contributed by atoms with Gasteiger partial charge in [-0.1, -0.05) is 48.6 Å². The Morgan fingerprint density at radius 3 is 2.81 bits per heavy atom. The van der Waals surface area contributed by atoms with Crippen molar-refractivity contribution >= 4 is 11.8 Å². The molecule has 4 nitrogen and oxygen atoms in total. The van der Waals surface area contributed by atoms with E-state index in [-0.39, 0.29) is 29.4 Å². The summed E-state index contributed by atoms with van der Waals surface area (Å²) in [6, 6.07) is 10.3. The molecule has 0 bridgehead atoms. The first kappa shape index (κ1) is 18.4. The summed E-state index contributed by atoms with van der Waals surface area (Å²) in [7, 11) is 0. The maximum Gasteiger partial charge on any atom is 0.223 e. The van der Waals surface area contributed by atoms with E-state index in [4.69, 9.17) is 0 Å². The van der Waals surface area contributed by atoms with Crippen LogP contribution in [0.25, 0.3) is 0 Å². The predicted molar refractivity (Wildman–Crippen MR) is 103 cm³/mol. The third-order valence-electron chi connectivity index (χ3n) is 5.52. The first-order chi connectivity index (χ1) is 12.5. The van der Waals surface area contributed by atoms with Crippen molar-refractivity contribution in [3.05, 3.63) is 60.7 Å². The maximum atomic E-state index is 13.2. The lowest BCUT2D eigenvalue weighted by atomic mass is 9.91. The molecule has 26 heavy (non-hydrogen) atoms. The Hall–Kier alpha value is -2.36. The van der Waals surface area contributed by atoms with Crippen molar-refractivity contribution in [3.63, 3.8) is 0 Å². The summed E-state index contributed by atoms with van der Waals surface area (Å²) in [5.41, 5.74) is 0.875. The van der Waals surface area contributed by atoms with Gasteiger partial charge in [-0.15, -0.1) is 6.58 Å². The van der Waals surface area contributed by atoms with Gasteiger partial charge in [0.2, 0.25) is 11.8 Å². The van der Waals surface area contributed by atoms with Gasteiger partial charge in [-0.05, 0) is 38.2 Å². The van der Waals surface area contributed by atoms with Gasteiger partial charge in [0.1, 0.15) is 0 Å². The van der Waals surface area contributed by atoms with Gasteiger partial charge < -0.3 is 10.2 Å². The average molecular weight is 352 g/mol. The van der Waals surface area contributed by atoms with E-state index in [0.29, 0.717) is 19.3 Å². The second-order valence-electron chi connectivity index (χ2n) is 7.61. The highest BCUT2D eigenvalue weighted by atomic mass is 16.2. The molecule has 4 heteroatoms. The Labute approximate surface area is 156 Å². The van der Waals surface area contributed by atoms with E-state index in [0.717, 1.165) is 24.8 Å². The Kier molecular flexibility index (Phi) is 5.60. The number of rotatable bonds is 6. The summed E-state index contributed by atoms with van der Waals surface area (Å²) in [6.45, 7) is 5.90. The number of nitrogens with zero attached hydrogens (tertiary/aromatic N) is 1. The van der Waals surface area contributed by atoms with Crippen molar-refractivity contribution in [1.82, 2.24) is 10.2 Å². The highest BCUT2D eigenvalue weighted by molar-refractivity contribution is 5.80. The maximum absolute atomic E-state index is 13.2. The van der Waals surface area contributed by atoms with Gasteiger partial charge in [-0.2, -0.15) is 0 Å². The third kappa shape index (κ3) is 4.06. The van der Waals surface area contributed by atoms with Crippen molar-refractivity contribution in [2.45, 2.75) is 63.1 Å². The van der Waals surface area contributed by atoms with Crippen molar-refractivity contribution in [1.29, 1.82) is 0 Å². The van der Waals surface area contributed by atoms with Crippen LogP contribution in [0.15, 0.2) is 55.1 Å². The number of carbonyl (C=O) groups is 2. The van der Waals surface area contributed by atoms with Crippen LogP contribution in [-0.2, 0) is 9.59 Å². The summed E-state index contributed by atoms with van der Waals surface area (Å²) in [6.07, 6.45) is 10.3. The van der Waals surface area contributed by atoms with Gasteiger partial charge in [-0.3, -0.25) is 9.59 Å². The highest BCUT2D eigenvalue weighted by Crippen LogP contribution is 2.33. The lowest BCUT2D eigenvalue weighted by molar-refractivity contribution is -0.136. The fraction of sp³-hybridized carbons (Fsp3) is 0.455. The van der Waals surface area contributed by atoms with Gasteiger partial charge in [0.25, 0.3) is 0 Å². The standard InChI is InChI=1S/C22H28N2O2/c1-3-8-18-11-7-12-19(17-9-5-4-6-10-17)24(18)21(26)14-16-22(2)15-13-20(25)23-22/h3-7,9-10,12,18-19H,1,8,11,13-16H2,2H3,(H,23,25)/t18-,19+,22+/m1/s1. The molecule has 3 atom stereocenters. The van der Waals surface area contributed by atoms with E-state index in [1.807, 2.05) is 36.1 Å². The number of benzene rings is 1. The summed E-state index contributed by atoms with van der Waals surface area (Å²) in [5.74, 6) is 0.241. The molecule has 138 valence electrons. The molecule has 1 saturated heterocycles. The third-order valence-corrected chi connectivity index (χ3v) is 5.52. The molecule has 1 fully saturated rings. The number of hydrogen-bond acceptors (Lipinski definition) is 2. The lowest BCUT2D eigenvalue weighted by Crippen LogP contribution is -2.45. The smallest absolute Gasteiger partial charge is 0.223 e. The Morgan fingerprint density at radius 1 is 1.38 bits per heavy atom. The summed E-state index contributed by atoms with van der Waals surface area (Å²) in [5, 5.41) is 3.03. The van der Waals surface area contributed by atoms with Crippen LogP contribution in [-0.4, -0.2) is 28.3 Å². The Balaban J connectivity index is 1.77. The molecule has 1 aromatic carbocycles. The topological polar surface area (TPSA) is 49.4 Å². The van der Waals surface area contributed by atoms with Crippen LogP contribution >= 0.6 is 0 Å². The molecule has 0 unspecified atom stereocenters. The highest BCUT2D eigenvalue weighted by Gasteiger charge is 2.36. The molecule has 0 radical (unpaired) electrons. The van der Waals surface area contributed by atoms with Crippen LogP contribution < -0.4 is 5.32 Å². The van der Waals surface area contributed by atoms with Gasteiger partial charge in [-0.25, -0.2) is 0 Å². The molecule has 1 N–H and O–H groups in total. The van der Waals surface area contributed by atoms with Gasteiger partial charge in [0.15, 0.2) is 0 Å². The monoisotopic (exact) mass is 352 g/mol. The molecule has 2 aliphatic heterocycles. The van der Waals surface area contributed by atoms with Crippen LogP contribution in [0, 0.1) is 0 Å². The summed E-state index contributed by atoms with van der Waals surface area (Å²) < 4.78 is 0. The molecular formula is C22H28N2O2. The van der Waals surface area contributed by atoms with Crippen molar-refractivity contribution < 1.29 is 9.59 Å². The van der Waals surface area contributed by atoms with Crippen molar-refractivity contribution in [2.75, 3.05) is 0 Å². The molecule has 0 aromatic heterocycles. The predicted octanol–water partition coefficient (Wildman–Crippen LogP) is 3.91.